The van der Waals surface area contributed by atoms with Crippen LogP contribution in [0.3, 0.4) is 0 Å². The van der Waals surface area contributed by atoms with E-state index < -0.39 is 0 Å². The molecule has 1 radical (unpaired) electrons. The Hall–Kier alpha value is -3.60. The number of allylic oxidation sites excluding steroid dienone is 2. The number of nitrogens with zero attached hydrogens (tertiary/aromatic N) is 2. The zero-order chi connectivity index (χ0) is 35.0. The van der Waals surface area contributed by atoms with Crippen LogP contribution in [0.15, 0.2) is 83.6 Å². The molecule has 0 saturated heterocycles. The minimum Gasteiger partial charge on any atom is -0.512 e. The number of furan rings is 1. The Morgan fingerprint density at radius 1 is 0.939 bits per heavy atom. The molecule has 0 aliphatic heterocycles. The van der Waals surface area contributed by atoms with Gasteiger partial charge in [0, 0.05) is 78.8 Å². The van der Waals surface area contributed by atoms with Crippen LogP contribution in [0.5, 0.6) is 0 Å². The van der Waals surface area contributed by atoms with Gasteiger partial charge in [-0.25, -0.2) is 0 Å². The van der Waals surface area contributed by atoms with E-state index >= 15 is 0 Å². The number of fused-ring (bicyclic) bond motifs is 2. The molecule has 0 atom stereocenters. The first-order valence-corrected chi connectivity index (χ1v) is 17.6. The van der Waals surface area contributed by atoms with E-state index in [2.05, 4.69) is 82.1 Å². The molecule has 0 unspecified atom stereocenters. The van der Waals surface area contributed by atoms with Gasteiger partial charge in [-0.3, -0.25) is 14.8 Å². The van der Waals surface area contributed by atoms with Crippen molar-refractivity contribution >= 4 is 27.5 Å². The molecular formula is C43H53IrN2O3-. The summed E-state index contributed by atoms with van der Waals surface area (Å²) in [4.78, 5) is 21.0. The molecule has 5 nitrogen and oxygen atoms in total. The number of carbonyl (C=O) groups is 1. The summed E-state index contributed by atoms with van der Waals surface area (Å²) in [6.07, 6.45) is 13.4. The molecular weight excluding hydrogens is 785 g/mol. The van der Waals surface area contributed by atoms with Gasteiger partial charge in [0.15, 0.2) is 5.78 Å². The second-order valence-corrected chi connectivity index (χ2v) is 14.2. The summed E-state index contributed by atoms with van der Waals surface area (Å²) in [6.45, 7) is 19.3. The number of benzene rings is 2. The Kier molecular flexibility index (Phi) is 14.5. The maximum Gasteiger partial charge on any atom is 0.162 e. The molecule has 3 heterocycles. The van der Waals surface area contributed by atoms with E-state index in [4.69, 9.17) is 9.40 Å². The molecule has 0 bridgehead atoms. The number of hydrogen-bond acceptors (Lipinski definition) is 5. The normalized spacial score (nSPS) is 12.0. The number of carbonyl (C=O) groups excluding carboxylic acids is 1. The average Bonchev–Trinajstić information content (AvgIpc) is 3.47. The third-order valence-electron chi connectivity index (χ3n) is 9.20. The fourth-order valence-corrected chi connectivity index (χ4v) is 6.31. The maximum atomic E-state index is 11.7. The quantitative estimate of drug-likeness (QED) is 0.0815. The van der Waals surface area contributed by atoms with Gasteiger partial charge in [0.1, 0.15) is 5.58 Å². The van der Waals surface area contributed by atoms with Crippen LogP contribution in [-0.4, -0.2) is 20.9 Å². The van der Waals surface area contributed by atoms with Crippen LogP contribution < -0.4 is 0 Å². The van der Waals surface area contributed by atoms with Gasteiger partial charge in [-0.2, -0.15) is 0 Å². The Balaban J connectivity index is 0.000000347. The molecule has 5 rings (SSSR count). The van der Waals surface area contributed by atoms with Crippen molar-refractivity contribution in [3.05, 3.63) is 96.3 Å². The molecule has 1 N–H and O–H groups in total. The van der Waals surface area contributed by atoms with Gasteiger partial charge < -0.3 is 9.52 Å². The van der Waals surface area contributed by atoms with Gasteiger partial charge in [0.05, 0.1) is 12.0 Å². The molecule has 2 aromatic carbocycles. The second kappa shape index (κ2) is 17.9. The average molecular weight is 838 g/mol. The van der Waals surface area contributed by atoms with Crippen molar-refractivity contribution in [1.82, 2.24) is 9.97 Å². The number of aromatic nitrogens is 2. The van der Waals surface area contributed by atoms with Crippen LogP contribution in [0.1, 0.15) is 99.1 Å². The fraction of sp³-hybridized carbons (Fsp3) is 0.419. The van der Waals surface area contributed by atoms with Crippen LogP contribution in [0.25, 0.3) is 44.1 Å². The standard InChI is InChI=1S/C30H29N2O.C13H24O2.Ir/c1-19(2)12-23-18-33-29-25(16-31-17-26(23)29)21-10-11-32-28(15-21)22-13-20-8-6-7-9-24(20)27(14-22)30(3,4)5;1-5-10(6-2)12(14)9-13(15)11(7-3)8-4;/h6-11,14-19H,12H2,1-5H3;9-11,14H,5-8H2,1-4H3;/q-1;;/b;12-9-;. The zero-order valence-electron chi connectivity index (χ0n) is 30.7. The van der Waals surface area contributed by atoms with E-state index in [-0.39, 0.29) is 48.9 Å². The Bertz CT molecular complexity index is 1860. The van der Waals surface area contributed by atoms with Crippen molar-refractivity contribution in [3.8, 4) is 22.4 Å². The van der Waals surface area contributed by atoms with Crippen LogP contribution in [0.2, 0.25) is 0 Å². The molecule has 5 aromatic rings. The van der Waals surface area contributed by atoms with Crippen LogP contribution >= 0.6 is 0 Å². The minimum absolute atomic E-state index is 0. The molecule has 0 fully saturated rings. The number of ketones is 1. The predicted octanol–water partition coefficient (Wildman–Crippen LogP) is 11.9. The summed E-state index contributed by atoms with van der Waals surface area (Å²) in [5.41, 5.74) is 7.34. The largest absolute Gasteiger partial charge is 0.512 e. The third-order valence-corrected chi connectivity index (χ3v) is 9.20. The maximum absolute atomic E-state index is 11.7. The van der Waals surface area contributed by atoms with Gasteiger partial charge in [-0.1, -0.05) is 97.5 Å². The van der Waals surface area contributed by atoms with E-state index in [1.807, 2.05) is 58.6 Å². The van der Waals surface area contributed by atoms with Crippen molar-refractivity contribution in [2.24, 2.45) is 17.8 Å². The summed E-state index contributed by atoms with van der Waals surface area (Å²) >= 11 is 0. The fourth-order valence-electron chi connectivity index (χ4n) is 6.31. The van der Waals surface area contributed by atoms with Crippen molar-refractivity contribution in [2.45, 2.75) is 99.8 Å². The molecule has 6 heteroatoms. The number of aliphatic hydroxyl groups excluding tert-OH is 1. The summed E-state index contributed by atoms with van der Waals surface area (Å²) in [6, 6.07) is 18.4. The van der Waals surface area contributed by atoms with Crippen LogP contribution in [0.4, 0.5) is 0 Å². The summed E-state index contributed by atoms with van der Waals surface area (Å²) in [5, 5.41) is 13.2. The molecule has 49 heavy (non-hydrogen) atoms. The SMILES string of the molecule is CC(C)Cc1coc2c(-c3ccnc(-c4[c-]c5ccccc5c(C(C)(C)C)c4)c3)cncc12.CCC(CC)C(=O)/C=C(\O)C(CC)CC.[Ir]. The zero-order valence-corrected chi connectivity index (χ0v) is 33.1. The molecule has 0 saturated carbocycles. The smallest absolute Gasteiger partial charge is 0.162 e. The third kappa shape index (κ3) is 9.77. The van der Waals surface area contributed by atoms with Gasteiger partial charge in [0.25, 0.3) is 0 Å². The molecule has 3 aromatic heterocycles. The van der Waals surface area contributed by atoms with E-state index in [1.165, 1.54) is 22.6 Å². The van der Waals surface area contributed by atoms with E-state index in [0.29, 0.717) is 5.92 Å². The van der Waals surface area contributed by atoms with Crippen molar-refractivity contribution < 1.29 is 34.4 Å². The molecule has 0 aliphatic rings. The van der Waals surface area contributed by atoms with E-state index in [0.717, 1.165) is 70.8 Å². The van der Waals surface area contributed by atoms with Gasteiger partial charge in [-0.15, -0.1) is 29.1 Å². The van der Waals surface area contributed by atoms with Gasteiger partial charge >= 0.3 is 0 Å². The molecule has 0 aliphatic carbocycles. The summed E-state index contributed by atoms with van der Waals surface area (Å²) in [7, 11) is 0. The number of rotatable bonds is 11. The van der Waals surface area contributed by atoms with Crippen molar-refractivity contribution in [2.75, 3.05) is 0 Å². The molecule has 0 amide bonds. The summed E-state index contributed by atoms with van der Waals surface area (Å²) < 4.78 is 6.03. The second-order valence-electron chi connectivity index (χ2n) is 14.2. The van der Waals surface area contributed by atoms with Crippen molar-refractivity contribution in [1.29, 1.82) is 0 Å². The van der Waals surface area contributed by atoms with Crippen LogP contribution in [-0.2, 0) is 36.7 Å². The number of hydrogen-bond donors (Lipinski definition) is 1. The predicted molar refractivity (Wildman–Crippen MR) is 200 cm³/mol. The Morgan fingerprint density at radius 3 is 2.24 bits per heavy atom. The summed E-state index contributed by atoms with van der Waals surface area (Å²) in [5.74, 6) is 1.11. The van der Waals surface area contributed by atoms with E-state index in [9.17, 15) is 9.90 Å². The first-order chi connectivity index (χ1) is 22.9. The monoisotopic (exact) mass is 838 g/mol. The molecule has 263 valence electrons. The first-order valence-electron chi connectivity index (χ1n) is 17.6. The number of pyridine rings is 2. The topological polar surface area (TPSA) is 76.2 Å². The number of aliphatic hydroxyl groups is 1. The Morgan fingerprint density at radius 2 is 1.61 bits per heavy atom. The molecule has 0 spiro atoms. The first kappa shape index (κ1) is 39.8. The van der Waals surface area contributed by atoms with Crippen molar-refractivity contribution in [3.63, 3.8) is 0 Å². The van der Waals surface area contributed by atoms with Gasteiger partial charge in [-0.05, 0) is 55.1 Å². The van der Waals surface area contributed by atoms with Crippen LogP contribution in [0, 0.1) is 23.8 Å². The minimum atomic E-state index is 0. The van der Waals surface area contributed by atoms with E-state index in [1.54, 1.807) is 0 Å². The Labute approximate surface area is 307 Å². The van der Waals surface area contributed by atoms with Gasteiger partial charge in [0.2, 0.25) is 0 Å².